The Morgan fingerprint density at radius 2 is 1.95 bits per heavy atom. The van der Waals surface area contributed by atoms with Gasteiger partial charge in [0.2, 0.25) is 0 Å². The molecule has 22 heavy (non-hydrogen) atoms. The Morgan fingerprint density at radius 3 is 2.50 bits per heavy atom. The van der Waals surface area contributed by atoms with Crippen LogP contribution in [0.4, 0.5) is 0 Å². The first-order valence-corrected chi connectivity index (χ1v) is 8.79. The third kappa shape index (κ3) is 3.90. The largest absolute Gasteiger partial charge is 0.272 e. The van der Waals surface area contributed by atoms with Crippen molar-refractivity contribution < 1.29 is 9.63 Å². The average molecular weight is 413 g/mol. The molecule has 0 spiro atoms. The van der Waals surface area contributed by atoms with Gasteiger partial charge in [0, 0.05) is 0 Å². The van der Waals surface area contributed by atoms with Crippen molar-refractivity contribution in [3.05, 3.63) is 45.6 Å². The van der Waals surface area contributed by atoms with E-state index in [0.29, 0.717) is 13.2 Å². The van der Waals surface area contributed by atoms with E-state index in [0.717, 1.165) is 17.6 Å². The SMILES string of the molecule is CC(C)(C)C[C@]1(C)C(=O)N(OCc2ccccc2)C/C1=C/I. The molecule has 0 bridgehead atoms. The van der Waals surface area contributed by atoms with Crippen molar-refractivity contribution >= 4 is 28.5 Å². The highest BCUT2D eigenvalue weighted by atomic mass is 127. The summed E-state index contributed by atoms with van der Waals surface area (Å²) in [5, 5.41) is 1.53. The van der Waals surface area contributed by atoms with Gasteiger partial charge in [-0.1, -0.05) is 73.7 Å². The number of carbonyl (C=O) groups excluding carboxylic acids is 1. The van der Waals surface area contributed by atoms with E-state index in [-0.39, 0.29) is 11.3 Å². The van der Waals surface area contributed by atoms with Gasteiger partial charge < -0.3 is 0 Å². The first-order valence-electron chi connectivity index (χ1n) is 7.55. The molecule has 1 atom stereocenters. The fraction of sp³-hybridized carbons (Fsp3) is 0.500. The molecule has 1 aliphatic heterocycles. The number of amides is 1. The van der Waals surface area contributed by atoms with Crippen molar-refractivity contribution in [3.8, 4) is 0 Å². The van der Waals surface area contributed by atoms with Gasteiger partial charge in [0.1, 0.15) is 6.61 Å². The molecule has 120 valence electrons. The molecular formula is C18H24INO2. The first-order chi connectivity index (χ1) is 10.3. The highest BCUT2D eigenvalue weighted by Crippen LogP contribution is 2.45. The Hall–Kier alpha value is -0.880. The molecule has 0 unspecified atom stereocenters. The number of benzene rings is 1. The van der Waals surface area contributed by atoms with Gasteiger partial charge in [0.15, 0.2) is 0 Å². The second-order valence-corrected chi connectivity index (χ2v) is 7.93. The number of hydrogen-bond acceptors (Lipinski definition) is 2. The quantitative estimate of drug-likeness (QED) is 0.669. The van der Waals surface area contributed by atoms with Crippen LogP contribution in [0.5, 0.6) is 0 Å². The number of nitrogens with zero attached hydrogens (tertiary/aromatic N) is 1. The van der Waals surface area contributed by atoms with E-state index in [2.05, 4.69) is 43.4 Å². The zero-order valence-corrected chi connectivity index (χ0v) is 15.9. The average Bonchev–Trinajstić information content (AvgIpc) is 2.68. The van der Waals surface area contributed by atoms with E-state index in [1.807, 2.05) is 41.3 Å². The van der Waals surface area contributed by atoms with Gasteiger partial charge in [-0.05, 0) is 34.0 Å². The first kappa shape index (κ1) is 17.5. The topological polar surface area (TPSA) is 29.5 Å². The Balaban J connectivity index is 2.11. The fourth-order valence-electron chi connectivity index (χ4n) is 3.05. The minimum absolute atomic E-state index is 0.0706. The zero-order valence-electron chi connectivity index (χ0n) is 13.7. The van der Waals surface area contributed by atoms with Gasteiger partial charge in [-0.2, -0.15) is 0 Å². The van der Waals surface area contributed by atoms with Crippen molar-refractivity contribution in [2.24, 2.45) is 10.8 Å². The van der Waals surface area contributed by atoms with Crippen LogP contribution in [0.1, 0.15) is 39.7 Å². The smallest absolute Gasteiger partial charge is 0.256 e. The fourth-order valence-corrected chi connectivity index (χ4v) is 3.93. The molecule has 1 saturated heterocycles. The maximum absolute atomic E-state index is 12.9. The van der Waals surface area contributed by atoms with Gasteiger partial charge in [-0.25, -0.2) is 5.06 Å². The number of hydroxylamine groups is 2. The van der Waals surface area contributed by atoms with Crippen molar-refractivity contribution in [2.75, 3.05) is 6.54 Å². The van der Waals surface area contributed by atoms with Crippen molar-refractivity contribution in [2.45, 2.75) is 40.7 Å². The molecular weight excluding hydrogens is 389 g/mol. The van der Waals surface area contributed by atoms with Crippen LogP contribution >= 0.6 is 22.6 Å². The van der Waals surface area contributed by atoms with Crippen LogP contribution in [0.15, 0.2) is 40.0 Å². The van der Waals surface area contributed by atoms with Crippen molar-refractivity contribution in [1.82, 2.24) is 5.06 Å². The summed E-state index contributed by atoms with van der Waals surface area (Å²) in [6.45, 7) is 9.53. The number of rotatable bonds is 4. The molecule has 1 aromatic rings. The molecule has 1 amide bonds. The summed E-state index contributed by atoms with van der Waals surface area (Å²) in [6.07, 6.45) is 0.818. The van der Waals surface area contributed by atoms with Crippen LogP contribution in [-0.4, -0.2) is 17.5 Å². The van der Waals surface area contributed by atoms with Crippen LogP contribution in [0, 0.1) is 10.8 Å². The second kappa shape index (κ2) is 6.71. The molecule has 0 N–H and O–H groups in total. The number of hydrogen-bond donors (Lipinski definition) is 0. The number of carbonyl (C=O) groups is 1. The van der Waals surface area contributed by atoms with E-state index in [1.165, 1.54) is 5.06 Å². The summed E-state index contributed by atoms with van der Waals surface area (Å²) >= 11 is 2.23. The van der Waals surface area contributed by atoms with Crippen LogP contribution in [0.25, 0.3) is 0 Å². The van der Waals surface area contributed by atoms with Crippen molar-refractivity contribution in [3.63, 3.8) is 0 Å². The minimum atomic E-state index is -0.462. The minimum Gasteiger partial charge on any atom is -0.272 e. The molecule has 1 aromatic carbocycles. The molecule has 1 aliphatic rings. The summed E-state index contributed by atoms with van der Waals surface area (Å²) in [5.41, 5.74) is 1.83. The lowest BCUT2D eigenvalue weighted by molar-refractivity contribution is -0.187. The van der Waals surface area contributed by atoms with Crippen LogP contribution in [0.2, 0.25) is 0 Å². The maximum Gasteiger partial charge on any atom is 0.256 e. The normalized spacial score (nSPS) is 24.3. The number of halogens is 1. The Bertz CT molecular complexity index is 562. The molecule has 0 saturated carbocycles. The standard InChI is InChI=1S/C18H24INO2/c1-17(2,3)13-18(4)15(10-19)11-20(16(18)21)22-12-14-8-6-5-7-9-14/h5-10H,11-13H2,1-4H3/b15-10-/t18-/m0/s1. The van der Waals surface area contributed by atoms with E-state index in [4.69, 9.17) is 4.84 Å². The predicted octanol–water partition coefficient (Wildman–Crippen LogP) is 4.72. The van der Waals surface area contributed by atoms with E-state index in [9.17, 15) is 4.79 Å². The van der Waals surface area contributed by atoms with E-state index in [1.54, 1.807) is 0 Å². The van der Waals surface area contributed by atoms with E-state index >= 15 is 0 Å². The summed E-state index contributed by atoms with van der Waals surface area (Å²) in [6, 6.07) is 9.94. The van der Waals surface area contributed by atoms with E-state index < -0.39 is 5.41 Å². The zero-order chi connectivity index (χ0) is 16.4. The summed E-state index contributed by atoms with van der Waals surface area (Å²) in [5.74, 6) is 0.0706. The highest BCUT2D eigenvalue weighted by Gasteiger charge is 2.49. The molecule has 4 heteroatoms. The predicted molar refractivity (Wildman–Crippen MR) is 97.2 cm³/mol. The lowest BCUT2D eigenvalue weighted by Gasteiger charge is -2.31. The molecule has 3 nitrogen and oxygen atoms in total. The Kier molecular flexibility index (Phi) is 5.33. The maximum atomic E-state index is 12.9. The molecule has 2 rings (SSSR count). The summed E-state index contributed by atoms with van der Waals surface area (Å²) < 4.78 is 2.03. The van der Waals surface area contributed by atoms with Gasteiger partial charge in [-0.3, -0.25) is 9.63 Å². The second-order valence-electron chi connectivity index (χ2n) is 7.30. The van der Waals surface area contributed by atoms with Crippen LogP contribution in [0.3, 0.4) is 0 Å². The third-order valence-electron chi connectivity index (χ3n) is 3.97. The Labute approximate surface area is 146 Å². The third-order valence-corrected chi connectivity index (χ3v) is 4.72. The lowest BCUT2D eigenvalue weighted by Crippen LogP contribution is -2.35. The monoisotopic (exact) mass is 413 g/mol. The van der Waals surface area contributed by atoms with Crippen molar-refractivity contribution in [1.29, 1.82) is 0 Å². The van der Waals surface area contributed by atoms with Gasteiger partial charge >= 0.3 is 0 Å². The summed E-state index contributed by atoms with van der Waals surface area (Å²) in [4.78, 5) is 18.6. The molecule has 1 heterocycles. The Morgan fingerprint density at radius 1 is 1.32 bits per heavy atom. The van der Waals surface area contributed by atoms with Crippen LogP contribution < -0.4 is 0 Å². The molecule has 0 radical (unpaired) electrons. The van der Waals surface area contributed by atoms with Crippen LogP contribution in [-0.2, 0) is 16.2 Å². The molecule has 0 aromatic heterocycles. The van der Waals surface area contributed by atoms with Gasteiger partial charge in [0.25, 0.3) is 5.91 Å². The summed E-state index contributed by atoms with van der Waals surface area (Å²) in [7, 11) is 0. The van der Waals surface area contributed by atoms with Gasteiger partial charge in [-0.15, -0.1) is 0 Å². The molecule has 1 fully saturated rings. The highest BCUT2D eigenvalue weighted by molar-refractivity contribution is 14.1. The van der Waals surface area contributed by atoms with Gasteiger partial charge in [0.05, 0.1) is 12.0 Å². The lowest BCUT2D eigenvalue weighted by atomic mass is 9.72. The molecule has 0 aliphatic carbocycles.